The van der Waals surface area contributed by atoms with E-state index in [0.29, 0.717) is 13.1 Å². The van der Waals surface area contributed by atoms with Gasteiger partial charge in [-0.1, -0.05) is 30.3 Å². The van der Waals surface area contributed by atoms with Crippen LogP contribution in [0.2, 0.25) is 0 Å². The molecule has 174 valence electrons. The Bertz CT molecular complexity index is 885. The fraction of sp³-hybridized carbons (Fsp3) is 0.435. The van der Waals surface area contributed by atoms with Crippen molar-refractivity contribution in [3.63, 3.8) is 0 Å². The van der Waals surface area contributed by atoms with Crippen molar-refractivity contribution in [1.82, 2.24) is 15.5 Å². The summed E-state index contributed by atoms with van der Waals surface area (Å²) in [4.78, 5) is 17.6. The molecule has 1 aliphatic rings. The first kappa shape index (κ1) is 25.9. The van der Waals surface area contributed by atoms with Crippen LogP contribution in [0.15, 0.2) is 53.5 Å². The summed E-state index contributed by atoms with van der Waals surface area (Å²) in [7, 11) is 1.71. The maximum Gasteiger partial charge on any atom is 0.269 e. The Morgan fingerprint density at radius 3 is 2.47 bits per heavy atom. The fourth-order valence-corrected chi connectivity index (χ4v) is 3.86. The van der Waals surface area contributed by atoms with E-state index < -0.39 is 4.92 Å². The van der Waals surface area contributed by atoms with Gasteiger partial charge in [-0.25, -0.2) is 4.99 Å². The minimum atomic E-state index is -0.394. The van der Waals surface area contributed by atoms with Crippen molar-refractivity contribution in [3.8, 4) is 5.75 Å². The number of nitro benzene ring substituents is 1. The summed E-state index contributed by atoms with van der Waals surface area (Å²) in [5, 5.41) is 17.6. The Labute approximate surface area is 206 Å². The number of hydrogen-bond acceptors (Lipinski definition) is 5. The first-order valence-electron chi connectivity index (χ1n) is 10.7. The molecule has 0 aromatic heterocycles. The Hall–Kier alpha value is -2.40. The van der Waals surface area contributed by atoms with Gasteiger partial charge in [-0.2, -0.15) is 0 Å². The molecule has 2 N–H and O–H groups in total. The number of hydrogen-bond donors (Lipinski definition) is 2. The van der Waals surface area contributed by atoms with E-state index in [0.717, 1.165) is 36.9 Å². The SMILES string of the molecule is CCNC(=NCc1ccc([N+](=O)[O-])cc1)NCC(c1ccccc1OC)N1CCCC1.I. The number of nitrogens with zero attached hydrogens (tertiary/aromatic N) is 3. The third-order valence-corrected chi connectivity index (χ3v) is 5.45. The van der Waals surface area contributed by atoms with Crippen LogP contribution in [0, 0.1) is 10.1 Å². The minimum absolute atomic E-state index is 0. The fourth-order valence-electron chi connectivity index (χ4n) is 3.86. The van der Waals surface area contributed by atoms with Gasteiger partial charge in [0.05, 0.1) is 24.6 Å². The van der Waals surface area contributed by atoms with Crippen molar-refractivity contribution in [2.45, 2.75) is 32.4 Å². The number of non-ortho nitro benzene ring substituents is 1. The predicted octanol–water partition coefficient (Wildman–Crippen LogP) is 4.11. The number of nitro groups is 1. The number of nitrogens with one attached hydrogen (secondary N) is 2. The van der Waals surface area contributed by atoms with E-state index in [1.54, 1.807) is 19.2 Å². The number of guanidine groups is 1. The van der Waals surface area contributed by atoms with Crippen molar-refractivity contribution in [2.75, 3.05) is 33.3 Å². The highest BCUT2D eigenvalue weighted by Crippen LogP contribution is 2.31. The quantitative estimate of drug-likeness (QED) is 0.160. The second-order valence-corrected chi connectivity index (χ2v) is 7.50. The number of benzene rings is 2. The summed E-state index contributed by atoms with van der Waals surface area (Å²) in [5.74, 6) is 1.62. The largest absolute Gasteiger partial charge is 0.496 e. The lowest BCUT2D eigenvalue weighted by Crippen LogP contribution is -2.42. The molecule has 32 heavy (non-hydrogen) atoms. The third-order valence-electron chi connectivity index (χ3n) is 5.45. The molecule has 0 aliphatic carbocycles. The van der Waals surface area contributed by atoms with Crippen molar-refractivity contribution in [3.05, 3.63) is 69.8 Å². The molecule has 3 rings (SSSR count). The zero-order chi connectivity index (χ0) is 22.1. The Morgan fingerprint density at radius 2 is 1.84 bits per heavy atom. The van der Waals surface area contributed by atoms with Gasteiger partial charge in [0.15, 0.2) is 5.96 Å². The second-order valence-electron chi connectivity index (χ2n) is 7.50. The standard InChI is InChI=1S/C23H31N5O3.HI/c1-3-24-23(25-16-18-10-12-19(13-11-18)28(29)30)26-17-21(27-14-6-7-15-27)20-8-4-5-9-22(20)31-2;/h4-5,8-13,21H,3,6-7,14-17H2,1-2H3,(H2,24,25,26);1H. The summed E-state index contributed by atoms with van der Waals surface area (Å²) in [6.45, 7) is 6.06. The van der Waals surface area contributed by atoms with Gasteiger partial charge in [-0.15, -0.1) is 24.0 Å². The van der Waals surface area contributed by atoms with Gasteiger partial charge < -0.3 is 15.4 Å². The van der Waals surface area contributed by atoms with Gasteiger partial charge in [0.25, 0.3) is 5.69 Å². The molecule has 8 nitrogen and oxygen atoms in total. The first-order valence-corrected chi connectivity index (χ1v) is 10.7. The van der Waals surface area contributed by atoms with Gasteiger partial charge in [0, 0.05) is 30.8 Å². The van der Waals surface area contributed by atoms with E-state index in [2.05, 4.69) is 32.7 Å². The zero-order valence-corrected chi connectivity index (χ0v) is 21.0. The summed E-state index contributed by atoms with van der Waals surface area (Å²) in [5.41, 5.74) is 2.18. The number of methoxy groups -OCH3 is 1. The van der Waals surface area contributed by atoms with Crippen LogP contribution < -0.4 is 15.4 Å². The van der Waals surface area contributed by atoms with Crippen LogP contribution in [0.25, 0.3) is 0 Å². The normalized spacial score (nSPS) is 15.0. The highest BCUT2D eigenvalue weighted by molar-refractivity contribution is 14.0. The lowest BCUT2D eigenvalue weighted by atomic mass is 10.0. The average Bonchev–Trinajstić information content (AvgIpc) is 3.32. The molecule has 1 atom stereocenters. The van der Waals surface area contributed by atoms with E-state index in [-0.39, 0.29) is 35.7 Å². The summed E-state index contributed by atoms with van der Waals surface area (Å²) in [6.07, 6.45) is 2.42. The molecule has 0 saturated carbocycles. The molecular formula is C23H32IN5O3. The van der Waals surface area contributed by atoms with Crippen LogP contribution >= 0.6 is 24.0 Å². The number of aliphatic imine (C=N–C) groups is 1. The van der Waals surface area contributed by atoms with E-state index >= 15 is 0 Å². The van der Waals surface area contributed by atoms with Crippen molar-refractivity contribution in [2.24, 2.45) is 4.99 Å². The highest BCUT2D eigenvalue weighted by Gasteiger charge is 2.26. The maximum atomic E-state index is 10.8. The van der Waals surface area contributed by atoms with Crippen LogP contribution in [0.1, 0.15) is 36.9 Å². The smallest absolute Gasteiger partial charge is 0.269 e. The molecule has 2 aromatic rings. The van der Waals surface area contributed by atoms with Crippen molar-refractivity contribution in [1.29, 1.82) is 0 Å². The molecular weight excluding hydrogens is 521 g/mol. The Morgan fingerprint density at radius 1 is 1.16 bits per heavy atom. The highest BCUT2D eigenvalue weighted by atomic mass is 127. The number of rotatable bonds is 9. The topological polar surface area (TPSA) is 92.0 Å². The van der Waals surface area contributed by atoms with Gasteiger partial charge >= 0.3 is 0 Å². The number of para-hydroxylation sites is 1. The molecule has 0 bridgehead atoms. The second kappa shape index (κ2) is 13.2. The number of ether oxygens (including phenoxy) is 1. The zero-order valence-electron chi connectivity index (χ0n) is 18.6. The number of likely N-dealkylation sites (tertiary alicyclic amines) is 1. The molecule has 1 fully saturated rings. The van der Waals surface area contributed by atoms with Crippen LogP contribution in [0.5, 0.6) is 5.75 Å². The van der Waals surface area contributed by atoms with Gasteiger partial charge in [-0.3, -0.25) is 15.0 Å². The maximum absolute atomic E-state index is 10.8. The first-order chi connectivity index (χ1) is 15.1. The summed E-state index contributed by atoms with van der Waals surface area (Å²) >= 11 is 0. The van der Waals surface area contributed by atoms with Crippen LogP contribution in [-0.4, -0.2) is 49.1 Å². The molecule has 0 amide bonds. The van der Waals surface area contributed by atoms with E-state index in [1.807, 2.05) is 19.1 Å². The Kier molecular flexibility index (Phi) is 10.7. The van der Waals surface area contributed by atoms with E-state index in [9.17, 15) is 10.1 Å². The van der Waals surface area contributed by atoms with Gasteiger partial charge in [0.2, 0.25) is 0 Å². The lowest BCUT2D eigenvalue weighted by Gasteiger charge is -2.30. The molecule has 1 aliphatic heterocycles. The molecule has 1 heterocycles. The monoisotopic (exact) mass is 553 g/mol. The van der Waals surface area contributed by atoms with Gasteiger partial charge in [-0.05, 0) is 44.5 Å². The third kappa shape index (κ3) is 7.06. The summed E-state index contributed by atoms with van der Waals surface area (Å²) < 4.78 is 5.62. The Balaban J connectivity index is 0.00000363. The molecule has 1 unspecified atom stereocenters. The molecule has 0 spiro atoms. The molecule has 2 aromatic carbocycles. The van der Waals surface area contributed by atoms with Crippen LogP contribution in [-0.2, 0) is 6.54 Å². The average molecular weight is 553 g/mol. The van der Waals surface area contributed by atoms with Gasteiger partial charge in [0.1, 0.15) is 5.75 Å². The molecule has 9 heteroatoms. The van der Waals surface area contributed by atoms with Crippen LogP contribution in [0.4, 0.5) is 5.69 Å². The van der Waals surface area contributed by atoms with Crippen molar-refractivity contribution >= 4 is 35.6 Å². The van der Waals surface area contributed by atoms with Crippen molar-refractivity contribution < 1.29 is 9.66 Å². The molecule has 1 saturated heterocycles. The molecule has 0 radical (unpaired) electrons. The minimum Gasteiger partial charge on any atom is -0.496 e. The lowest BCUT2D eigenvalue weighted by molar-refractivity contribution is -0.384. The predicted molar refractivity (Wildman–Crippen MR) is 138 cm³/mol. The van der Waals surface area contributed by atoms with E-state index in [1.165, 1.54) is 30.5 Å². The summed E-state index contributed by atoms with van der Waals surface area (Å²) in [6, 6.07) is 14.9. The number of halogens is 1. The van der Waals surface area contributed by atoms with E-state index in [4.69, 9.17) is 4.74 Å². The van der Waals surface area contributed by atoms with Crippen LogP contribution in [0.3, 0.4) is 0 Å².